The summed E-state index contributed by atoms with van der Waals surface area (Å²) in [4.78, 5) is 10.3. The standard InChI is InChI=1S/C14H11Cl2NO4/c15-10-6-12(17(19)20)14(7-11(10)16)21-8-13(18)9-4-2-1-3-5-9/h1-7,13,18H,8H2. The van der Waals surface area contributed by atoms with Crippen LogP contribution in [0, 0.1) is 10.1 Å². The van der Waals surface area contributed by atoms with Crippen LogP contribution in [0.25, 0.3) is 0 Å². The van der Waals surface area contributed by atoms with Crippen molar-refractivity contribution in [3.05, 3.63) is 68.2 Å². The molecular formula is C14H11Cl2NO4. The highest BCUT2D eigenvalue weighted by Gasteiger charge is 2.19. The van der Waals surface area contributed by atoms with Gasteiger partial charge >= 0.3 is 5.69 Å². The average Bonchev–Trinajstić information content (AvgIpc) is 2.48. The molecular weight excluding hydrogens is 317 g/mol. The second-order valence-electron chi connectivity index (χ2n) is 4.23. The van der Waals surface area contributed by atoms with Gasteiger partial charge in [-0.25, -0.2) is 0 Å². The van der Waals surface area contributed by atoms with Crippen LogP contribution in [0.5, 0.6) is 5.75 Å². The Labute approximate surface area is 130 Å². The predicted molar refractivity (Wildman–Crippen MR) is 80.0 cm³/mol. The monoisotopic (exact) mass is 327 g/mol. The average molecular weight is 328 g/mol. The van der Waals surface area contributed by atoms with Crippen molar-refractivity contribution in [3.63, 3.8) is 0 Å². The molecule has 0 aliphatic carbocycles. The van der Waals surface area contributed by atoms with Gasteiger partial charge in [0, 0.05) is 12.1 Å². The molecule has 0 aromatic heterocycles. The van der Waals surface area contributed by atoms with Crippen molar-refractivity contribution in [2.24, 2.45) is 0 Å². The first-order valence-corrected chi connectivity index (χ1v) is 6.74. The topological polar surface area (TPSA) is 72.6 Å². The molecule has 21 heavy (non-hydrogen) atoms. The number of benzene rings is 2. The number of hydrogen-bond acceptors (Lipinski definition) is 4. The van der Waals surface area contributed by atoms with E-state index in [9.17, 15) is 15.2 Å². The highest BCUT2D eigenvalue weighted by atomic mass is 35.5. The Bertz CT molecular complexity index is 649. The molecule has 0 aliphatic heterocycles. The number of nitrogens with zero attached hydrogens (tertiary/aromatic N) is 1. The van der Waals surface area contributed by atoms with Crippen molar-refractivity contribution in [1.82, 2.24) is 0 Å². The summed E-state index contributed by atoms with van der Waals surface area (Å²) in [6.45, 7) is -0.136. The quantitative estimate of drug-likeness (QED) is 0.665. The summed E-state index contributed by atoms with van der Waals surface area (Å²) in [5.74, 6) is -0.0376. The summed E-state index contributed by atoms with van der Waals surface area (Å²) >= 11 is 11.6. The lowest BCUT2D eigenvalue weighted by atomic mass is 10.1. The van der Waals surface area contributed by atoms with E-state index in [1.165, 1.54) is 6.07 Å². The number of ether oxygens (including phenoxy) is 1. The molecule has 0 amide bonds. The van der Waals surface area contributed by atoms with E-state index in [-0.39, 0.29) is 28.1 Å². The zero-order valence-electron chi connectivity index (χ0n) is 10.7. The SMILES string of the molecule is O=[N+]([O-])c1cc(Cl)c(Cl)cc1OCC(O)c1ccccc1. The van der Waals surface area contributed by atoms with Crippen LogP contribution >= 0.6 is 23.2 Å². The van der Waals surface area contributed by atoms with Gasteiger partial charge in [-0.2, -0.15) is 0 Å². The first kappa shape index (κ1) is 15.6. The molecule has 110 valence electrons. The Morgan fingerprint density at radius 3 is 2.43 bits per heavy atom. The zero-order valence-corrected chi connectivity index (χ0v) is 12.2. The van der Waals surface area contributed by atoms with Crippen molar-refractivity contribution in [3.8, 4) is 5.75 Å². The summed E-state index contributed by atoms with van der Waals surface area (Å²) in [5.41, 5.74) is 0.352. The fourth-order valence-corrected chi connectivity index (χ4v) is 2.03. The number of halogens is 2. The molecule has 2 aromatic carbocycles. The van der Waals surface area contributed by atoms with E-state index in [1.807, 2.05) is 6.07 Å². The second-order valence-corrected chi connectivity index (χ2v) is 5.04. The van der Waals surface area contributed by atoms with Crippen LogP contribution in [-0.2, 0) is 0 Å². The van der Waals surface area contributed by atoms with Crippen LogP contribution < -0.4 is 4.74 Å². The Kier molecular flexibility index (Phi) is 5.01. The molecule has 0 aliphatic rings. The maximum Gasteiger partial charge on any atom is 0.312 e. The third-order valence-corrected chi connectivity index (χ3v) is 3.50. The molecule has 1 unspecified atom stereocenters. The molecule has 1 N–H and O–H groups in total. The van der Waals surface area contributed by atoms with Crippen molar-refractivity contribution in [1.29, 1.82) is 0 Å². The maximum atomic E-state index is 11.0. The molecule has 0 radical (unpaired) electrons. The van der Waals surface area contributed by atoms with E-state index in [1.54, 1.807) is 24.3 Å². The normalized spacial score (nSPS) is 12.0. The fraction of sp³-hybridized carbons (Fsp3) is 0.143. The van der Waals surface area contributed by atoms with E-state index in [0.29, 0.717) is 5.56 Å². The van der Waals surface area contributed by atoms with Crippen molar-refractivity contribution in [2.75, 3.05) is 6.61 Å². The molecule has 0 spiro atoms. The van der Waals surface area contributed by atoms with Gasteiger partial charge in [-0.15, -0.1) is 0 Å². The molecule has 2 aromatic rings. The van der Waals surface area contributed by atoms with Crippen LogP contribution in [0.2, 0.25) is 10.0 Å². The molecule has 0 fully saturated rings. The van der Waals surface area contributed by atoms with Crippen molar-refractivity contribution >= 4 is 28.9 Å². The summed E-state index contributed by atoms with van der Waals surface area (Å²) in [6.07, 6.45) is -0.903. The van der Waals surface area contributed by atoms with Gasteiger partial charge in [0.05, 0.1) is 15.0 Å². The van der Waals surface area contributed by atoms with Crippen LogP contribution in [0.15, 0.2) is 42.5 Å². The van der Waals surface area contributed by atoms with E-state index in [0.717, 1.165) is 6.07 Å². The first-order valence-electron chi connectivity index (χ1n) is 5.98. The van der Waals surface area contributed by atoms with Gasteiger partial charge in [-0.3, -0.25) is 10.1 Å². The third-order valence-electron chi connectivity index (χ3n) is 2.78. The smallest absolute Gasteiger partial charge is 0.312 e. The Hall–Kier alpha value is -1.82. The Morgan fingerprint density at radius 1 is 1.19 bits per heavy atom. The van der Waals surface area contributed by atoms with Crippen molar-refractivity contribution in [2.45, 2.75) is 6.10 Å². The van der Waals surface area contributed by atoms with Gasteiger partial charge in [0.15, 0.2) is 5.75 Å². The minimum atomic E-state index is -0.903. The predicted octanol–water partition coefficient (Wildman–Crippen LogP) is 4.01. The van der Waals surface area contributed by atoms with E-state index < -0.39 is 11.0 Å². The van der Waals surface area contributed by atoms with Gasteiger partial charge in [-0.1, -0.05) is 53.5 Å². The van der Waals surface area contributed by atoms with Crippen molar-refractivity contribution < 1.29 is 14.8 Å². The number of rotatable bonds is 5. The van der Waals surface area contributed by atoms with Gasteiger partial charge in [0.2, 0.25) is 0 Å². The minimum Gasteiger partial charge on any atom is -0.484 e. The summed E-state index contributed by atoms with van der Waals surface area (Å²) in [6, 6.07) is 11.2. The number of nitro benzene ring substituents is 1. The molecule has 0 saturated carbocycles. The minimum absolute atomic E-state index is 0.0376. The summed E-state index contributed by atoms with van der Waals surface area (Å²) in [7, 11) is 0. The molecule has 1 atom stereocenters. The van der Waals surface area contributed by atoms with Gasteiger partial charge < -0.3 is 9.84 Å². The number of aliphatic hydroxyl groups is 1. The van der Waals surface area contributed by atoms with Crippen LogP contribution in [0.4, 0.5) is 5.69 Å². The number of nitro groups is 1. The van der Waals surface area contributed by atoms with Crippen LogP contribution in [-0.4, -0.2) is 16.6 Å². The lowest BCUT2D eigenvalue weighted by molar-refractivity contribution is -0.385. The van der Waals surface area contributed by atoms with Crippen LogP contribution in [0.1, 0.15) is 11.7 Å². The lowest BCUT2D eigenvalue weighted by Gasteiger charge is -2.13. The summed E-state index contributed by atoms with van der Waals surface area (Å²) < 4.78 is 5.32. The Balaban J connectivity index is 2.16. The van der Waals surface area contributed by atoms with Crippen LogP contribution in [0.3, 0.4) is 0 Å². The Morgan fingerprint density at radius 2 is 1.81 bits per heavy atom. The molecule has 0 bridgehead atoms. The molecule has 0 heterocycles. The van der Waals surface area contributed by atoms with Gasteiger partial charge in [0.1, 0.15) is 12.7 Å². The zero-order chi connectivity index (χ0) is 15.4. The van der Waals surface area contributed by atoms with E-state index in [2.05, 4.69) is 0 Å². The third kappa shape index (κ3) is 3.85. The van der Waals surface area contributed by atoms with E-state index in [4.69, 9.17) is 27.9 Å². The van der Waals surface area contributed by atoms with Gasteiger partial charge in [0.25, 0.3) is 0 Å². The maximum absolute atomic E-state index is 11.0. The fourth-order valence-electron chi connectivity index (χ4n) is 1.72. The molecule has 5 nitrogen and oxygen atoms in total. The highest BCUT2D eigenvalue weighted by Crippen LogP contribution is 2.36. The first-order chi connectivity index (χ1) is 9.99. The molecule has 0 saturated heterocycles. The molecule has 7 heteroatoms. The number of hydrogen-bond donors (Lipinski definition) is 1. The van der Waals surface area contributed by atoms with E-state index >= 15 is 0 Å². The lowest BCUT2D eigenvalue weighted by Crippen LogP contribution is -2.10. The number of aliphatic hydroxyl groups excluding tert-OH is 1. The summed E-state index contributed by atoms with van der Waals surface area (Å²) in [5, 5.41) is 21.2. The molecule has 2 rings (SSSR count). The second kappa shape index (κ2) is 6.76. The highest BCUT2D eigenvalue weighted by molar-refractivity contribution is 6.42. The largest absolute Gasteiger partial charge is 0.484 e. The van der Waals surface area contributed by atoms with Gasteiger partial charge in [-0.05, 0) is 5.56 Å².